The van der Waals surface area contributed by atoms with Crippen molar-refractivity contribution in [3.63, 3.8) is 0 Å². The fraction of sp³-hybridized carbons (Fsp3) is 0.727. The highest BCUT2D eigenvalue weighted by atomic mass is 32.2. The van der Waals surface area contributed by atoms with Gasteiger partial charge in [-0.2, -0.15) is 17.4 Å². The van der Waals surface area contributed by atoms with Gasteiger partial charge in [0.1, 0.15) is 5.01 Å². The van der Waals surface area contributed by atoms with E-state index in [4.69, 9.17) is 0 Å². The summed E-state index contributed by atoms with van der Waals surface area (Å²) in [6.07, 6.45) is 3.51. The van der Waals surface area contributed by atoms with Gasteiger partial charge in [0.2, 0.25) is 0 Å². The Morgan fingerprint density at radius 2 is 2.21 bits per heavy atom. The maximum atomic E-state index is 12.1. The van der Waals surface area contributed by atoms with Gasteiger partial charge in [-0.25, -0.2) is 4.98 Å². The molecular formula is C11H20N4O2S2. The van der Waals surface area contributed by atoms with Gasteiger partial charge < -0.3 is 5.32 Å². The number of hydrogen-bond acceptors (Lipinski definition) is 5. The van der Waals surface area contributed by atoms with Gasteiger partial charge in [0, 0.05) is 24.7 Å². The van der Waals surface area contributed by atoms with Gasteiger partial charge in [-0.1, -0.05) is 0 Å². The van der Waals surface area contributed by atoms with Crippen molar-refractivity contribution in [3.05, 3.63) is 16.6 Å². The van der Waals surface area contributed by atoms with Crippen LogP contribution < -0.4 is 10.0 Å². The summed E-state index contributed by atoms with van der Waals surface area (Å²) in [4.78, 5) is 4.07. The van der Waals surface area contributed by atoms with Crippen LogP contribution in [0, 0.1) is 5.92 Å². The lowest BCUT2D eigenvalue weighted by Crippen LogP contribution is -2.45. The molecule has 1 fully saturated rings. The molecule has 0 bridgehead atoms. The number of thiazole rings is 1. The lowest BCUT2D eigenvalue weighted by Gasteiger charge is -2.30. The van der Waals surface area contributed by atoms with Crippen LogP contribution in [0.15, 0.2) is 11.6 Å². The molecule has 0 spiro atoms. The predicted molar refractivity (Wildman–Crippen MR) is 76.1 cm³/mol. The molecule has 6 nitrogen and oxygen atoms in total. The molecular weight excluding hydrogens is 284 g/mol. The second kappa shape index (κ2) is 6.76. The van der Waals surface area contributed by atoms with Crippen LogP contribution in [0.5, 0.6) is 0 Å². The molecule has 0 atom stereocenters. The van der Waals surface area contributed by atoms with Gasteiger partial charge in [0.25, 0.3) is 10.2 Å². The lowest BCUT2D eigenvalue weighted by molar-refractivity contribution is 0.268. The fourth-order valence-corrected chi connectivity index (χ4v) is 4.07. The molecule has 8 heteroatoms. The first kappa shape index (κ1) is 14.9. The van der Waals surface area contributed by atoms with Gasteiger partial charge >= 0.3 is 0 Å². The van der Waals surface area contributed by atoms with Crippen LogP contribution in [0.4, 0.5) is 0 Å². The monoisotopic (exact) mass is 304 g/mol. The van der Waals surface area contributed by atoms with Gasteiger partial charge in [-0.05, 0) is 32.4 Å². The number of nitrogens with zero attached hydrogens (tertiary/aromatic N) is 2. The third-order valence-electron chi connectivity index (χ3n) is 3.30. The normalized spacial score (nSPS) is 18.8. The van der Waals surface area contributed by atoms with E-state index < -0.39 is 10.2 Å². The molecule has 0 aromatic carbocycles. The largest absolute Gasteiger partial charge is 0.319 e. The van der Waals surface area contributed by atoms with E-state index in [0.29, 0.717) is 19.0 Å². The summed E-state index contributed by atoms with van der Waals surface area (Å²) in [7, 11) is -1.44. The Morgan fingerprint density at radius 3 is 2.79 bits per heavy atom. The van der Waals surface area contributed by atoms with Crippen molar-refractivity contribution >= 4 is 21.5 Å². The molecule has 0 radical (unpaired) electrons. The maximum Gasteiger partial charge on any atom is 0.279 e. The first-order chi connectivity index (χ1) is 9.12. The fourth-order valence-electron chi connectivity index (χ4n) is 2.23. The van der Waals surface area contributed by atoms with Gasteiger partial charge in [-0.3, -0.25) is 0 Å². The average molecular weight is 304 g/mol. The SMILES string of the molecule is CNCC1CCN(S(=O)(=O)NCc2nccs2)CC1. The molecule has 0 aliphatic carbocycles. The Kier molecular flexibility index (Phi) is 5.28. The first-order valence-electron chi connectivity index (χ1n) is 6.39. The van der Waals surface area contributed by atoms with Crippen LogP contribution in [0.2, 0.25) is 0 Å². The molecule has 1 saturated heterocycles. The van der Waals surface area contributed by atoms with Gasteiger partial charge in [0.05, 0.1) is 6.54 Å². The van der Waals surface area contributed by atoms with E-state index in [-0.39, 0.29) is 6.54 Å². The summed E-state index contributed by atoms with van der Waals surface area (Å²) >= 11 is 1.45. The third kappa shape index (κ3) is 4.22. The smallest absolute Gasteiger partial charge is 0.279 e. The van der Waals surface area contributed by atoms with E-state index in [1.807, 2.05) is 12.4 Å². The summed E-state index contributed by atoms with van der Waals surface area (Å²) in [5, 5.41) is 5.77. The molecule has 0 unspecified atom stereocenters. The summed E-state index contributed by atoms with van der Waals surface area (Å²) in [5.74, 6) is 0.579. The Hall–Kier alpha value is -0.540. The lowest BCUT2D eigenvalue weighted by atomic mass is 9.98. The predicted octanol–water partition coefficient (Wildman–Crippen LogP) is 0.409. The van der Waals surface area contributed by atoms with Gasteiger partial charge in [-0.15, -0.1) is 11.3 Å². The molecule has 0 saturated carbocycles. The number of hydrogen-bond donors (Lipinski definition) is 2. The molecule has 108 valence electrons. The van der Waals surface area contributed by atoms with Gasteiger partial charge in [0.15, 0.2) is 0 Å². The first-order valence-corrected chi connectivity index (χ1v) is 8.71. The highest BCUT2D eigenvalue weighted by Crippen LogP contribution is 2.18. The van der Waals surface area contributed by atoms with Crippen molar-refractivity contribution in [2.45, 2.75) is 19.4 Å². The van der Waals surface area contributed by atoms with Crippen molar-refractivity contribution in [1.82, 2.24) is 19.3 Å². The summed E-state index contributed by atoms with van der Waals surface area (Å²) in [6.45, 7) is 2.43. The quantitative estimate of drug-likeness (QED) is 0.798. The number of piperidine rings is 1. The minimum Gasteiger partial charge on any atom is -0.319 e. The Balaban J connectivity index is 1.83. The maximum absolute atomic E-state index is 12.1. The van der Waals surface area contributed by atoms with Crippen molar-refractivity contribution < 1.29 is 8.42 Å². The number of nitrogens with one attached hydrogen (secondary N) is 2. The van der Waals surface area contributed by atoms with Crippen LogP contribution >= 0.6 is 11.3 Å². The van der Waals surface area contributed by atoms with E-state index in [2.05, 4.69) is 15.0 Å². The molecule has 2 N–H and O–H groups in total. The minimum atomic E-state index is -3.37. The second-order valence-corrected chi connectivity index (χ2v) is 7.39. The zero-order chi connectivity index (χ0) is 13.7. The second-order valence-electron chi connectivity index (χ2n) is 4.65. The number of aromatic nitrogens is 1. The van der Waals surface area contributed by atoms with E-state index >= 15 is 0 Å². The molecule has 2 rings (SSSR count). The van der Waals surface area contributed by atoms with Crippen molar-refractivity contribution in [3.8, 4) is 0 Å². The zero-order valence-electron chi connectivity index (χ0n) is 11.0. The number of rotatable bonds is 6. The van der Waals surface area contributed by atoms with E-state index in [9.17, 15) is 8.42 Å². The Morgan fingerprint density at radius 1 is 1.47 bits per heavy atom. The summed E-state index contributed by atoms with van der Waals surface area (Å²) < 4.78 is 28.4. The van der Waals surface area contributed by atoms with Crippen LogP contribution in [0.3, 0.4) is 0 Å². The third-order valence-corrected chi connectivity index (χ3v) is 5.63. The summed E-state index contributed by atoms with van der Waals surface area (Å²) in [6, 6.07) is 0. The topological polar surface area (TPSA) is 74.3 Å². The minimum absolute atomic E-state index is 0.274. The molecule has 1 aromatic rings. The van der Waals surface area contributed by atoms with Crippen molar-refractivity contribution in [2.24, 2.45) is 5.92 Å². The van der Waals surface area contributed by atoms with Crippen molar-refractivity contribution in [1.29, 1.82) is 0 Å². The Bertz CT molecular complexity index is 467. The molecule has 0 amide bonds. The molecule has 19 heavy (non-hydrogen) atoms. The highest BCUT2D eigenvalue weighted by molar-refractivity contribution is 7.87. The standard InChI is InChI=1S/C11H20N4O2S2/c1-12-8-10-2-5-15(6-3-10)19(16,17)14-9-11-13-4-7-18-11/h4,7,10,12,14H,2-3,5-6,8-9H2,1H3. The van der Waals surface area contributed by atoms with E-state index in [0.717, 1.165) is 24.4 Å². The molecule has 1 aromatic heterocycles. The van der Waals surface area contributed by atoms with Crippen LogP contribution in [-0.4, -0.2) is 44.4 Å². The molecule has 1 aliphatic heterocycles. The average Bonchev–Trinajstić information content (AvgIpc) is 2.91. The van der Waals surface area contributed by atoms with E-state index in [1.165, 1.54) is 15.6 Å². The highest BCUT2D eigenvalue weighted by Gasteiger charge is 2.27. The molecule has 1 aliphatic rings. The van der Waals surface area contributed by atoms with Crippen LogP contribution in [-0.2, 0) is 16.8 Å². The molecule has 2 heterocycles. The van der Waals surface area contributed by atoms with Crippen molar-refractivity contribution in [2.75, 3.05) is 26.7 Å². The summed E-state index contributed by atoms with van der Waals surface area (Å²) in [5.41, 5.74) is 0. The van der Waals surface area contributed by atoms with Crippen LogP contribution in [0.25, 0.3) is 0 Å². The zero-order valence-corrected chi connectivity index (χ0v) is 12.6. The van der Waals surface area contributed by atoms with Crippen LogP contribution in [0.1, 0.15) is 17.8 Å². The van der Waals surface area contributed by atoms with E-state index in [1.54, 1.807) is 6.20 Å². The Labute approximate surface area is 118 Å².